The number of amides is 1. The van der Waals surface area contributed by atoms with Crippen LogP contribution in [0.3, 0.4) is 0 Å². The van der Waals surface area contributed by atoms with Gasteiger partial charge in [0.15, 0.2) is 0 Å². The van der Waals surface area contributed by atoms with Crippen molar-refractivity contribution in [2.45, 2.75) is 37.7 Å². The minimum atomic E-state index is -0.772. The molecule has 3 rings (SSSR count). The summed E-state index contributed by atoms with van der Waals surface area (Å²) in [4.78, 5) is 16.3. The first kappa shape index (κ1) is 15.2. The van der Waals surface area contributed by atoms with Crippen LogP contribution in [0.15, 0.2) is 24.3 Å². The summed E-state index contributed by atoms with van der Waals surface area (Å²) in [6.45, 7) is 2.70. The van der Waals surface area contributed by atoms with E-state index < -0.39 is 5.60 Å². The van der Waals surface area contributed by atoms with E-state index >= 15 is 0 Å². The lowest BCUT2D eigenvalue weighted by Crippen LogP contribution is -2.50. The number of hydrogen-bond acceptors (Lipinski definition) is 4. The third kappa shape index (κ3) is 3.19. The van der Waals surface area contributed by atoms with Crippen molar-refractivity contribution in [1.29, 1.82) is 0 Å². The van der Waals surface area contributed by atoms with Crippen LogP contribution < -0.4 is 4.90 Å². The molecule has 2 aliphatic rings. The number of benzene rings is 1. The highest BCUT2D eigenvalue weighted by molar-refractivity contribution is 5.77. The van der Waals surface area contributed by atoms with Crippen molar-refractivity contribution < 1.29 is 15.0 Å². The molecule has 1 amide bonds. The number of para-hydroxylation sites is 2. The normalized spacial score (nSPS) is 21.1. The lowest BCUT2D eigenvalue weighted by molar-refractivity contribution is -0.136. The summed E-state index contributed by atoms with van der Waals surface area (Å²) in [5.74, 6) is 0.337. The number of anilines is 1. The van der Waals surface area contributed by atoms with Gasteiger partial charge in [0.25, 0.3) is 0 Å². The molecule has 1 saturated carbocycles. The van der Waals surface area contributed by atoms with Gasteiger partial charge in [-0.2, -0.15) is 0 Å². The Balaban J connectivity index is 1.55. The minimum Gasteiger partial charge on any atom is -0.506 e. The van der Waals surface area contributed by atoms with Gasteiger partial charge in [-0.3, -0.25) is 4.79 Å². The highest BCUT2D eigenvalue weighted by atomic mass is 16.3. The second-order valence-electron chi connectivity index (χ2n) is 6.46. The van der Waals surface area contributed by atoms with Gasteiger partial charge in [-0.15, -0.1) is 0 Å². The average molecular weight is 304 g/mol. The van der Waals surface area contributed by atoms with Crippen LogP contribution >= 0.6 is 0 Å². The van der Waals surface area contributed by atoms with Crippen molar-refractivity contribution in [3.05, 3.63) is 24.3 Å². The Bertz CT molecular complexity index is 532. The maximum absolute atomic E-state index is 12.4. The highest BCUT2D eigenvalue weighted by Gasteiger charge is 2.35. The summed E-state index contributed by atoms with van der Waals surface area (Å²) in [5.41, 5.74) is 0.0513. The van der Waals surface area contributed by atoms with Crippen LogP contribution in [0.4, 0.5) is 5.69 Å². The molecule has 1 heterocycles. The van der Waals surface area contributed by atoms with Gasteiger partial charge in [-0.05, 0) is 25.0 Å². The minimum absolute atomic E-state index is 0.0568. The predicted molar refractivity (Wildman–Crippen MR) is 84.9 cm³/mol. The molecule has 0 unspecified atom stereocenters. The molecule has 0 radical (unpaired) electrons. The molecule has 0 aromatic heterocycles. The number of rotatable bonds is 3. The lowest BCUT2D eigenvalue weighted by atomic mass is 9.97. The van der Waals surface area contributed by atoms with Crippen molar-refractivity contribution in [1.82, 2.24) is 4.90 Å². The molecule has 5 heteroatoms. The number of phenols is 1. The Morgan fingerprint density at radius 1 is 1.09 bits per heavy atom. The number of nitrogens with zero attached hydrogens (tertiary/aromatic N) is 2. The molecule has 22 heavy (non-hydrogen) atoms. The van der Waals surface area contributed by atoms with Gasteiger partial charge in [0.1, 0.15) is 5.75 Å². The molecule has 1 aromatic carbocycles. The van der Waals surface area contributed by atoms with E-state index in [4.69, 9.17) is 0 Å². The smallest absolute Gasteiger partial charge is 0.225 e. The van der Waals surface area contributed by atoms with E-state index in [1.54, 1.807) is 12.1 Å². The van der Waals surface area contributed by atoms with Crippen molar-refractivity contribution >= 4 is 11.6 Å². The Morgan fingerprint density at radius 3 is 2.36 bits per heavy atom. The summed E-state index contributed by atoms with van der Waals surface area (Å²) in [5, 5.41) is 20.3. The van der Waals surface area contributed by atoms with Crippen LogP contribution in [-0.4, -0.2) is 52.8 Å². The second kappa shape index (κ2) is 6.16. The maximum Gasteiger partial charge on any atom is 0.225 e. The summed E-state index contributed by atoms with van der Waals surface area (Å²) in [7, 11) is 0. The van der Waals surface area contributed by atoms with Gasteiger partial charge < -0.3 is 20.0 Å². The first-order valence-corrected chi connectivity index (χ1v) is 8.11. The van der Waals surface area contributed by atoms with Gasteiger partial charge >= 0.3 is 0 Å². The van der Waals surface area contributed by atoms with E-state index in [2.05, 4.69) is 4.90 Å². The molecule has 0 atom stereocenters. The fourth-order valence-corrected chi connectivity index (χ4v) is 3.53. The fourth-order valence-electron chi connectivity index (χ4n) is 3.53. The molecule has 1 aliphatic carbocycles. The maximum atomic E-state index is 12.4. The number of carbonyl (C=O) groups excluding carboxylic acids is 1. The molecule has 1 saturated heterocycles. The quantitative estimate of drug-likeness (QED) is 0.893. The van der Waals surface area contributed by atoms with E-state index in [9.17, 15) is 15.0 Å². The lowest BCUT2D eigenvalue weighted by Gasteiger charge is -2.37. The summed E-state index contributed by atoms with van der Waals surface area (Å²) < 4.78 is 0. The van der Waals surface area contributed by atoms with Crippen LogP contribution in [0, 0.1) is 0 Å². The third-order valence-electron chi connectivity index (χ3n) is 4.87. The third-order valence-corrected chi connectivity index (χ3v) is 4.87. The molecule has 120 valence electrons. The predicted octanol–water partition coefficient (Wildman–Crippen LogP) is 1.74. The van der Waals surface area contributed by atoms with Gasteiger partial charge in [-0.25, -0.2) is 0 Å². The van der Waals surface area contributed by atoms with E-state index in [1.807, 2.05) is 17.0 Å². The van der Waals surface area contributed by atoms with Crippen LogP contribution in [-0.2, 0) is 4.79 Å². The number of hydrogen-bond donors (Lipinski definition) is 2. The van der Waals surface area contributed by atoms with Gasteiger partial charge in [-0.1, -0.05) is 25.0 Å². The number of piperazine rings is 1. The Morgan fingerprint density at radius 2 is 1.73 bits per heavy atom. The Hall–Kier alpha value is -1.75. The summed E-state index contributed by atoms with van der Waals surface area (Å²) >= 11 is 0. The first-order chi connectivity index (χ1) is 10.6. The van der Waals surface area contributed by atoms with Gasteiger partial charge in [0.2, 0.25) is 5.91 Å². The molecular weight excluding hydrogens is 280 g/mol. The molecule has 0 bridgehead atoms. The summed E-state index contributed by atoms with van der Waals surface area (Å²) in [6, 6.07) is 7.29. The molecule has 2 fully saturated rings. The molecule has 0 spiro atoms. The SMILES string of the molecule is O=C(CC1(O)CCCC1)N1CCN(c2ccccc2O)CC1. The van der Waals surface area contributed by atoms with E-state index in [1.165, 1.54) is 0 Å². The van der Waals surface area contributed by atoms with Crippen LogP contribution in [0.25, 0.3) is 0 Å². The monoisotopic (exact) mass is 304 g/mol. The van der Waals surface area contributed by atoms with Crippen molar-refractivity contribution in [2.75, 3.05) is 31.1 Å². The number of aromatic hydroxyl groups is 1. The molecule has 5 nitrogen and oxygen atoms in total. The van der Waals surface area contributed by atoms with E-state index in [0.29, 0.717) is 26.2 Å². The second-order valence-corrected chi connectivity index (χ2v) is 6.46. The van der Waals surface area contributed by atoms with Gasteiger partial charge in [0, 0.05) is 26.2 Å². The summed E-state index contributed by atoms with van der Waals surface area (Å²) in [6.07, 6.45) is 3.78. The Kier molecular flexibility index (Phi) is 4.25. The highest BCUT2D eigenvalue weighted by Crippen LogP contribution is 2.33. The Labute approximate surface area is 131 Å². The molecular formula is C17H24N2O3. The standard InChI is InChI=1S/C17H24N2O3/c20-15-6-2-1-5-14(15)18-9-11-19(12-10-18)16(21)13-17(22)7-3-4-8-17/h1-2,5-6,20,22H,3-4,7-13H2. The number of phenolic OH excluding ortho intramolecular Hbond substituents is 1. The zero-order valence-corrected chi connectivity index (χ0v) is 12.9. The van der Waals surface area contributed by atoms with Crippen molar-refractivity contribution in [3.63, 3.8) is 0 Å². The average Bonchev–Trinajstić information content (AvgIpc) is 2.94. The molecule has 1 aliphatic heterocycles. The van der Waals surface area contributed by atoms with Crippen molar-refractivity contribution in [2.24, 2.45) is 0 Å². The number of aliphatic hydroxyl groups is 1. The first-order valence-electron chi connectivity index (χ1n) is 8.11. The molecule has 2 N–H and O–H groups in total. The van der Waals surface area contributed by atoms with Gasteiger partial charge in [0.05, 0.1) is 17.7 Å². The van der Waals surface area contributed by atoms with Crippen LogP contribution in [0.1, 0.15) is 32.1 Å². The van der Waals surface area contributed by atoms with E-state index in [-0.39, 0.29) is 18.1 Å². The number of carbonyl (C=O) groups is 1. The zero-order chi connectivity index (χ0) is 15.6. The largest absolute Gasteiger partial charge is 0.506 e. The van der Waals surface area contributed by atoms with Crippen LogP contribution in [0.5, 0.6) is 5.75 Å². The topological polar surface area (TPSA) is 64.0 Å². The fraction of sp³-hybridized carbons (Fsp3) is 0.588. The molecule has 1 aromatic rings. The van der Waals surface area contributed by atoms with Crippen molar-refractivity contribution in [3.8, 4) is 5.75 Å². The zero-order valence-electron chi connectivity index (χ0n) is 12.9. The van der Waals surface area contributed by atoms with E-state index in [0.717, 1.165) is 31.4 Å². The van der Waals surface area contributed by atoms with Crippen LogP contribution in [0.2, 0.25) is 0 Å².